The molecule has 0 radical (unpaired) electrons. The summed E-state index contributed by atoms with van der Waals surface area (Å²) < 4.78 is 15.1. The smallest absolute Gasteiger partial charge is 0.323 e. The van der Waals surface area contributed by atoms with Crippen LogP contribution in [-0.4, -0.2) is 42.3 Å². The van der Waals surface area contributed by atoms with Crippen LogP contribution in [0.1, 0.15) is 41.5 Å². The van der Waals surface area contributed by atoms with E-state index in [0.717, 1.165) is 0 Å². The van der Waals surface area contributed by atoms with E-state index in [-0.39, 0.29) is 6.61 Å². The molecule has 21 heavy (non-hydrogen) atoms. The number of hydrogen-bond donors (Lipinski definition) is 1. The van der Waals surface area contributed by atoms with E-state index in [1.165, 1.54) is 13.8 Å². The SMILES string of the molecule is CC(=O)OC[C@H](OC(C)=O)C(C)[C@H](N)C(=O)OC(C)(C)C. The molecule has 0 aromatic heterocycles. The Kier molecular flexibility index (Phi) is 7.35. The zero-order valence-electron chi connectivity index (χ0n) is 13.5. The van der Waals surface area contributed by atoms with Gasteiger partial charge in [-0.05, 0) is 20.8 Å². The van der Waals surface area contributed by atoms with Gasteiger partial charge in [-0.2, -0.15) is 0 Å². The third kappa shape index (κ3) is 8.29. The molecule has 0 aliphatic heterocycles. The minimum Gasteiger partial charge on any atom is -0.462 e. The van der Waals surface area contributed by atoms with E-state index in [2.05, 4.69) is 0 Å². The molecule has 0 aliphatic rings. The summed E-state index contributed by atoms with van der Waals surface area (Å²) in [6, 6.07) is -0.996. The highest BCUT2D eigenvalue weighted by Gasteiger charge is 2.33. The van der Waals surface area contributed by atoms with Crippen molar-refractivity contribution in [1.29, 1.82) is 0 Å². The first kappa shape index (κ1) is 19.4. The fourth-order valence-corrected chi connectivity index (χ4v) is 1.52. The Labute approximate surface area is 125 Å². The largest absolute Gasteiger partial charge is 0.462 e. The summed E-state index contributed by atoms with van der Waals surface area (Å²) >= 11 is 0. The van der Waals surface area contributed by atoms with Crippen LogP contribution in [0, 0.1) is 5.92 Å². The van der Waals surface area contributed by atoms with E-state index >= 15 is 0 Å². The summed E-state index contributed by atoms with van der Waals surface area (Å²) in [5, 5.41) is 0. The Hall–Kier alpha value is -1.63. The van der Waals surface area contributed by atoms with Gasteiger partial charge < -0.3 is 19.9 Å². The van der Waals surface area contributed by atoms with Crippen molar-refractivity contribution < 1.29 is 28.6 Å². The second-order valence-electron chi connectivity index (χ2n) is 5.87. The molecule has 2 N–H and O–H groups in total. The van der Waals surface area contributed by atoms with Gasteiger partial charge >= 0.3 is 17.9 Å². The van der Waals surface area contributed by atoms with Crippen LogP contribution >= 0.6 is 0 Å². The Morgan fingerprint density at radius 1 is 1.10 bits per heavy atom. The number of rotatable bonds is 6. The predicted molar refractivity (Wildman–Crippen MR) is 75.2 cm³/mol. The van der Waals surface area contributed by atoms with Crippen molar-refractivity contribution in [2.45, 2.75) is 59.3 Å². The Morgan fingerprint density at radius 2 is 1.62 bits per heavy atom. The average molecular weight is 303 g/mol. The molecule has 0 aromatic carbocycles. The Balaban J connectivity index is 4.83. The van der Waals surface area contributed by atoms with E-state index in [9.17, 15) is 14.4 Å². The zero-order valence-corrected chi connectivity index (χ0v) is 13.5. The first-order valence-corrected chi connectivity index (χ1v) is 6.73. The number of ether oxygens (including phenoxy) is 3. The predicted octanol–water partition coefficient (Wildman–Crippen LogP) is 0.786. The molecule has 122 valence electrons. The van der Waals surface area contributed by atoms with Gasteiger partial charge in [-0.3, -0.25) is 14.4 Å². The van der Waals surface area contributed by atoms with E-state index in [1.807, 2.05) is 0 Å². The molecular weight excluding hydrogens is 278 g/mol. The summed E-state index contributed by atoms with van der Waals surface area (Å²) in [4.78, 5) is 33.9. The summed E-state index contributed by atoms with van der Waals surface area (Å²) in [7, 11) is 0. The van der Waals surface area contributed by atoms with Gasteiger partial charge in [-0.25, -0.2) is 0 Å². The first-order valence-electron chi connectivity index (χ1n) is 6.73. The fourth-order valence-electron chi connectivity index (χ4n) is 1.52. The Morgan fingerprint density at radius 3 is 2.00 bits per heavy atom. The summed E-state index contributed by atoms with van der Waals surface area (Å²) in [5.41, 5.74) is 5.18. The first-order chi connectivity index (χ1) is 9.44. The zero-order chi connectivity index (χ0) is 16.8. The van der Waals surface area contributed by atoms with Gasteiger partial charge in [0.15, 0.2) is 0 Å². The molecule has 0 saturated heterocycles. The van der Waals surface area contributed by atoms with Crippen molar-refractivity contribution >= 4 is 17.9 Å². The van der Waals surface area contributed by atoms with Gasteiger partial charge in [0.1, 0.15) is 24.4 Å². The standard InChI is InChI=1S/C14H25NO6/c1-8(12(15)13(18)21-14(4,5)6)11(20-10(3)17)7-19-9(2)16/h8,11-12H,7,15H2,1-6H3/t8?,11-,12-/m0/s1. The molecule has 0 bridgehead atoms. The third-order valence-corrected chi connectivity index (χ3v) is 2.60. The summed E-state index contributed by atoms with van der Waals surface area (Å²) in [5.74, 6) is -2.22. The van der Waals surface area contributed by atoms with E-state index < -0.39 is 41.6 Å². The molecule has 7 heteroatoms. The van der Waals surface area contributed by atoms with Crippen molar-refractivity contribution in [2.75, 3.05) is 6.61 Å². The minimum absolute atomic E-state index is 0.160. The van der Waals surface area contributed by atoms with Gasteiger partial charge in [0.25, 0.3) is 0 Å². The van der Waals surface area contributed by atoms with Gasteiger partial charge in [-0.15, -0.1) is 0 Å². The molecule has 0 saturated carbocycles. The molecule has 0 spiro atoms. The second-order valence-corrected chi connectivity index (χ2v) is 5.87. The lowest BCUT2D eigenvalue weighted by molar-refractivity contribution is -0.166. The maximum atomic E-state index is 11.9. The number of carbonyl (C=O) groups is 3. The van der Waals surface area contributed by atoms with E-state index in [0.29, 0.717) is 0 Å². The lowest BCUT2D eigenvalue weighted by atomic mass is 9.96. The van der Waals surface area contributed by atoms with Crippen LogP contribution in [0.2, 0.25) is 0 Å². The highest BCUT2D eigenvalue weighted by molar-refractivity contribution is 5.76. The maximum Gasteiger partial charge on any atom is 0.323 e. The Bertz CT molecular complexity index is 387. The van der Waals surface area contributed by atoms with Crippen molar-refractivity contribution in [3.63, 3.8) is 0 Å². The number of carbonyl (C=O) groups excluding carboxylic acids is 3. The topological polar surface area (TPSA) is 105 Å². The highest BCUT2D eigenvalue weighted by atomic mass is 16.6. The van der Waals surface area contributed by atoms with Crippen LogP contribution in [0.4, 0.5) is 0 Å². The molecule has 7 nitrogen and oxygen atoms in total. The van der Waals surface area contributed by atoms with Crippen LogP contribution in [0.3, 0.4) is 0 Å². The van der Waals surface area contributed by atoms with E-state index in [4.69, 9.17) is 19.9 Å². The van der Waals surface area contributed by atoms with Crippen LogP contribution in [0.5, 0.6) is 0 Å². The molecule has 1 unspecified atom stereocenters. The molecule has 0 fully saturated rings. The van der Waals surface area contributed by atoms with Gasteiger partial charge in [0, 0.05) is 19.8 Å². The lowest BCUT2D eigenvalue weighted by Crippen LogP contribution is -2.47. The van der Waals surface area contributed by atoms with Crippen LogP contribution in [0.15, 0.2) is 0 Å². The molecule has 0 aliphatic carbocycles. The fraction of sp³-hybridized carbons (Fsp3) is 0.786. The lowest BCUT2D eigenvalue weighted by Gasteiger charge is -2.29. The van der Waals surface area contributed by atoms with Crippen molar-refractivity contribution in [3.8, 4) is 0 Å². The van der Waals surface area contributed by atoms with Crippen molar-refractivity contribution in [1.82, 2.24) is 0 Å². The van der Waals surface area contributed by atoms with Crippen LogP contribution < -0.4 is 5.73 Å². The quantitative estimate of drug-likeness (QED) is 0.571. The van der Waals surface area contributed by atoms with Gasteiger partial charge in [0.2, 0.25) is 0 Å². The minimum atomic E-state index is -0.996. The number of nitrogens with two attached hydrogens (primary N) is 1. The second kappa shape index (κ2) is 7.97. The monoisotopic (exact) mass is 303 g/mol. The maximum absolute atomic E-state index is 11.9. The van der Waals surface area contributed by atoms with Crippen molar-refractivity contribution in [3.05, 3.63) is 0 Å². The number of esters is 3. The molecular formula is C14H25NO6. The highest BCUT2D eigenvalue weighted by Crippen LogP contribution is 2.16. The van der Waals surface area contributed by atoms with Gasteiger partial charge in [-0.1, -0.05) is 6.92 Å². The van der Waals surface area contributed by atoms with Crippen molar-refractivity contribution in [2.24, 2.45) is 11.7 Å². The molecule has 0 amide bonds. The third-order valence-electron chi connectivity index (χ3n) is 2.60. The average Bonchev–Trinajstić information content (AvgIpc) is 2.29. The van der Waals surface area contributed by atoms with Crippen LogP contribution in [-0.2, 0) is 28.6 Å². The summed E-state index contributed by atoms with van der Waals surface area (Å²) in [6.45, 7) is 9.12. The molecule has 3 atom stereocenters. The molecule has 0 heterocycles. The van der Waals surface area contributed by atoms with Crippen LogP contribution in [0.25, 0.3) is 0 Å². The number of hydrogen-bond acceptors (Lipinski definition) is 7. The van der Waals surface area contributed by atoms with Gasteiger partial charge in [0.05, 0.1) is 0 Å². The molecule has 0 aromatic rings. The normalized spacial score (nSPS) is 15.6. The van der Waals surface area contributed by atoms with E-state index in [1.54, 1.807) is 27.7 Å². The molecule has 0 rings (SSSR count). The summed E-state index contributed by atoms with van der Waals surface area (Å²) in [6.07, 6.45) is -0.811.